The van der Waals surface area contributed by atoms with Crippen molar-refractivity contribution in [3.63, 3.8) is 0 Å². The Morgan fingerprint density at radius 3 is 2.42 bits per heavy atom. The van der Waals surface area contributed by atoms with Crippen molar-refractivity contribution in [2.24, 2.45) is 0 Å². The molecule has 7 nitrogen and oxygen atoms in total. The molecule has 0 aliphatic rings. The Balaban J connectivity index is 2.95. The van der Waals surface area contributed by atoms with E-state index in [4.69, 9.17) is 10.5 Å². The summed E-state index contributed by atoms with van der Waals surface area (Å²) >= 11 is 0. The van der Waals surface area contributed by atoms with Gasteiger partial charge in [-0.05, 0) is 32.9 Å². The highest BCUT2D eigenvalue weighted by Crippen LogP contribution is 2.27. The molecule has 7 heteroatoms. The minimum absolute atomic E-state index is 0.00194. The molecule has 0 saturated heterocycles. The zero-order valence-corrected chi connectivity index (χ0v) is 11.3. The van der Waals surface area contributed by atoms with Gasteiger partial charge in [0.15, 0.2) is 0 Å². The highest BCUT2D eigenvalue weighted by molar-refractivity contribution is 5.88. The quantitative estimate of drug-likeness (QED) is 0.504. The number of nitrogens with zero attached hydrogens (tertiary/aromatic N) is 2. The molecule has 0 radical (unpaired) electrons. The van der Waals surface area contributed by atoms with Gasteiger partial charge in [-0.2, -0.15) is 0 Å². The second-order valence-electron chi connectivity index (χ2n) is 5.04. The average molecular weight is 267 g/mol. The number of hydrogen-bond donors (Lipinski definition) is 1. The van der Waals surface area contributed by atoms with Gasteiger partial charge in [0, 0.05) is 18.8 Å². The van der Waals surface area contributed by atoms with Crippen molar-refractivity contribution in [3.05, 3.63) is 28.3 Å². The summed E-state index contributed by atoms with van der Waals surface area (Å²) in [5.41, 5.74) is 5.19. The third-order valence-corrected chi connectivity index (χ3v) is 2.26. The molecule has 1 aromatic rings. The Morgan fingerprint density at radius 2 is 2.00 bits per heavy atom. The number of ether oxygens (including phenoxy) is 1. The third-order valence-electron chi connectivity index (χ3n) is 2.26. The summed E-state index contributed by atoms with van der Waals surface area (Å²) in [6.45, 7) is 5.26. The maximum Gasteiger partial charge on any atom is 0.414 e. The molecule has 0 bridgehead atoms. The van der Waals surface area contributed by atoms with Crippen LogP contribution < -0.4 is 10.6 Å². The molecule has 2 N–H and O–H groups in total. The first-order valence-corrected chi connectivity index (χ1v) is 5.62. The lowest BCUT2D eigenvalue weighted by atomic mass is 10.2. The number of nitrogen functional groups attached to an aromatic ring is 1. The fourth-order valence-electron chi connectivity index (χ4n) is 1.35. The predicted octanol–water partition coefficient (Wildman–Crippen LogP) is 2.55. The van der Waals surface area contributed by atoms with Gasteiger partial charge in [-0.1, -0.05) is 0 Å². The minimum atomic E-state index is -0.613. The van der Waals surface area contributed by atoms with Crippen LogP contribution in [-0.2, 0) is 4.74 Å². The molecular weight excluding hydrogens is 250 g/mol. The number of carbonyl (C=O) groups is 1. The van der Waals surface area contributed by atoms with Gasteiger partial charge < -0.3 is 10.5 Å². The SMILES string of the molecule is CN(C(=O)OC(C)(C)C)c1ccc([N+](=O)[O-])c(N)c1. The van der Waals surface area contributed by atoms with Crippen LogP contribution in [-0.4, -0.2) is 23.7 Å². The van der Waals surface area contributed by atoms with Crippen LogP contribution in [0.25, 0.3) is 0 Å². The Bertz CT molecular complexity index is 508. The lowest BCUT2D eigenvalue weighted by Crippen LogP contribution is -2.34. The number of rotatable bonds is 2. The monoisotopic (exact) mass is 267 g/mol. The van der Waals surface area contributed by atoms with E-state index in [-0.39, 0.29) is 11.4 Å². The number of amides is 1. The summed E-state index contributed by atoms with van der Waals surface area (Å²) in [5, 5.41) is 10.6. The second-order valence-corrected chi connectivity index (χ2v) is 5.04. The van der Waals surface area contributed by atoms with E-state index in [9.17, 15) is 14.9 Å². The smallest absolute Gasteiger partial charge is 0.414 e. The predicted molar refractivity (Wildman–Crippen MR) is 72.1 cm³/mol. The molecule has 0 aliphatic heterocycles. The molecule has 1 amide bonds. The minimum Gasteiger partial charge on any atom is -0.443 e. The van der Waals surface area contributed by atoms with E-state index in [1.165, 1.54) is 30.1 Å². The van der Waals surface area contributed by atoms with Crippen LogP contribution in [0.4, 0.5) is 21.9 Å². The normalized spacial score (nSPS) is 10.9. The van der Waals surface area contributed by atoms with E-state index in [0.717, 1.165) is 0 Å². The number of nitrogens with two attached hydrogens (primary N) is 1. The van der Waals surface area contributed by atoms with Crippen molar-refractivity contribution in [2.75, 3.05) is 17.7 Å². The molecule has 0 aromatic heterocycles. The maximum absolute atomic E-state index is 11.8. The van der Waals surface area contributed by atoms with Gasteiger partial charge in [-0.15, -0.1) is 0 Å². The van der Waals surface area contributed by atoms with Gasteiger partial charge in [-0.25, -0.2) is 4.79 Å². The first-order valence-electron chi connectivity index (χ1n) is 5.62. The standard InChI is InChI=1S/C12H17N3O4/c1-12(2,3)19-11(16)14(4)8-5-6-10(15(17)18)9(13)7-8/h5-7H,13H2,1-4H3. The van der Waals surface area contributed by atoms with Crippen molar-refractivity contribution < 1.29 is 14.5 Å². The molecular formula is C12H17N3O4. The molecule has 0 saturated carbocycles. The second kappa shape index (κ2) is 5.13. The zero-order chi connectivity index (χ0) is 14.8. The van der Waals surface area contributed by atoms with Gasteiger partial charge in [0.05, 0.1) is 4.92 Å². The largest absolute Gasteiger partial charge is 0.443 e. The first kappa shape index (κ1) is 14.7. The van der Waals surface area contributed by atoms with E-state index in [1.807, 2.05) is 0 Å². The van der Waals surface area contributed by atoms with Crippen LogP contribution in [0.2, 0.25) is 0 Å². The molecule has 0 unspecified atom stereocenters. The van der Waals surface area contributed by atoms with Crippen molar-refractivity contribution in [1.29, 1.82) is 0 Å². The number of nitro groups is 1. The van der Waals surface area contributed by atoms with E-state index in [1.54, 1.807) is 20.8 Å². The number of nitro benzene ring substituents is 1. The molecule has 0 fully saturated rings. The molecule has 1 rings (SSSR count). The van der Waals surface area contributed by atoms with Crippen LogP contribution in [0.5, 0.6) is 0 Å². The molecule has 0 spiro atoms. The Kier molecular flexibility index (Phi) is 3.98. The summed E-state index contributed by atoms with van der Waals surface area (Å²) in [6, 6.07) is 4.06. The van der Waals surface area contributed by atoms with Crippen molar-refractivity contribution in [2.45, 2.75) is 26.4 Å². The van der Waals surface area contributed by atoms with Gasteiger partial charge in [0.2, 0.25) is 0 Å². The van der Waals surface area contributed by atoms with Gasteiger partial charge in [0.1, 0.15) is 11.3 Å². The Morgan fingerprint density at radius 1 is 1.42 bits per heavy atom. The van der Waals surface area contributed by atoms with Crippen LogP contribution >= 0.6 is 0 Å². The van der Waals surface area contributed by atoms with Crippen LogP contribution in [0.15, 0.2) is 18.2 Å². The molecule has 0 atom stereocenters. The number of carbonyl (C=O) groups excluding carboxylic acids is 1. The molecule has 19 heavy (non-hydrogen) atoms. The highest BCUT2D eigenvalue weighted by atomic mass is 16.6. The van der Waals surface area contributed by atoms with Gasteiger partial charge in [0.25, 0.3) is 5.69 Å². The summed E-state index contributed by atoms with van der Waals surface area (Å²) in [5.74, 6) is 0. The fourth-order valence-corrected chi connectivity index (χ4v) is 1.35. The lowest BCUT2D eigenvalue weighted by molar-refractivity contribution is -0.383. The van der Waals surface area contributed by atoms with E-state index >= 15 is 0 Å². The van der Waals surface area contributed by atoms with E-state index in [0.29, 0.717) is 5.69 Å². The summed E-state index contributed by atoms with van der Waals surface area (Å²) in [4.78, 5) is 23.1. The molecule has 0 heterocycles. The molecule has 0 aliphatic carbocycles. The van der Waals surface area contributed by atoms with Crippen LogP contribution in [0.1, 0.15) is 20.8 Å². The first-order chi connectivity index (χ1) is 8.61. The highest BCUT2D eigenvalue weighted by Gasteiger charge is 2.22. The van der Waals surface area contributed by atoms with Gasteiger partial charge in [-0.3, -0.25) is 15.0 Å². The summed E-state index contributed by atoms with van der Waals surface area (Å²) in [7, 11) is 1.51. The van der Waals surface area contributed by atoms with Crippen molar-refractivity contribution in [1.82, 2.24) is 0 Å². The fraction of sp³-hybridized carbons (Fsp3) is 0.417. The summed E-state index contributed by atoms with van der Waals surface area (Å²) < 4.78 is 5.18. The molecule has 1 aromatic carbocycles. The summed E-state index contributed by atoms with van der Waals surface area (Å²) in [6.07, 6.45) is -0.555. The lowest BCUT2D eigenvalue weighted by Gasteiger charge is -2.24. The number of anilines is 2. The topological polar surface area (TPSA) is 98.7 Å². The van der Waals surface area contributed by atoms with Gasteiger partial charge >= 0.3 is 6.09 Å². The third kappa shape index (κ3) is 3.84. The Labute approximate surface area is 111 Å². The van der Waals surface area contributed by atoms with E-state index < -0.39 is 16.6 Å². The number of benzene rings is 1. The average Bonchev–Trinajstić information content (AvgIpc) is 2.24. The number of hydrogen-bond acceptors (Lipinski definition) is 5. The zero-order valence-electron chi connectivity index (χ0n) is 11.3. The maximum atomic E-state index is 11.8. The molecule has 104 valence electrons. The van der Waals surface area contributed by atoms with Crippen molar-refractivity contribution in [3.8, 4) is 0 Å². The van der Waals surface area contributed by atoms with Crippen LogP contribution in [0, 0.1) is 10.1 Å². The van der Waals surface area contributed by atoms with Crippen LogP contribution in [0.3, 0.4) is 0 Å². The van der Waals surface area contributed by atoms with Crippen molar-refractivity contribution >= 4 is 23.2 Å². The Hall–Kier alpha value is -2.31. The van der Waals surface area contributed by atoms with E-state index in [2.05, 4.69) is 0 Å².